The standard InChI is InChI=1S/C21H32FNOSi.C19H16F3NO4.C19H16F3NO2.C11H22Si.C10H11BrFNO.C7H5BrF2O.C6H5BrFN.C4H8Cl2O.C2H7N3.C2H3N.CHN.CH2O3.CH3.2ClH.2Na.Pd.H/c1-16(2)25(17(3)4,18(5)6)14-9-19-7-8-20(22)21(15-19)23-10-12-24-13-11-23;20-15-6-3-13(11-16(15)23-7-9-26-10-8-23)18(25)17(24)12-1-4-14(5-2-12)27-19(21)22;20-17-8-5-15(13-18(17)23-9-11-24-12-10-23)2-1-14-3-6-16(7-4-14)25-19(21)22;1-8-12(9(2)3,10(4)5)11(6)7;11-8-1-2-9(12)10(7-8)13-3-5-14-6-4-13;8-5-1-3-6(4-2-5)11-7(9)10;7-4-1-2-5(8)6(9)3-4;5-1-3-7-4-2-6;1-5-2(3)4;1-2-3;1-2;2-1-4-3;;;;;;;/h7-8,15-18H,10-13H2,1-6H3;1-6,11,19H,7-10H2;3-8,13,19H,9-12H2;1,9-11H,2-7H3;1-2,7H,3-6H2;1-4,7H;1-3H,9H2;1-4H2;1H3,(H4,3,4,5);1H3;1H;1,3H;1H3;2*1H;;;;/q;;;;;;;;;;;;-1;;;2*+1;+2;-1/p-3. The molecule has 8 aromatic rings. The van der Waals surface area contributed by atoms with Gasteiger partial charge in [-0.05, 0) is 197 Å². The Morgan fingerprint density at radius 3 is 1.03 bits per heavy atom. The molecule has 4 aliphatic heterocycles. The first-order valence-corrected chi connectivity index (χ1v) is 57.3. The van der Waals surface area contributed by atoms with Gasteiger partial charge in [-0.2, -0.15) is 31.6 Å². The molecule has 822 valence electrons. The number of nitrogen functional groups attached to an aromatic ring is 1. The van der Waals surface area contributed by atoms with Crippen LogP contribution in [0.25, 0.3) is 0 Å². The van der Waals surface area contributed by atoms with E-state index >= 15 is 0 Å². The summed E-state index contributed by atoms with van der Waals surface area (Å²) in [6.07, 6.45) is 5.72. The molecule has 0 bridgehead atoms. The zero-order valence-corrected chi connectivity index (χ0v) is 102. The van der Waals surface area contributed by atoms with E-state index in [0.29, 0.717) is 165 Å². The van der Waals surface area contributed by atoms with E-state index in [1.165, 1.54) is 98.9 Å². The number of carbonyl (C=O) groups excluding carboxylic acids is 3. The van der Waals surface area contributed by atoms with Gasteiger partial charge in [0.25, 0.3) is 6.47 Å². The fourth-order valence-electron chi connectivity index (χ4n) is 14.9. The Morgan fingerprint density at radius 2 is 0.740 bits per heavy atom. The second-order valence-electron chi connectivity index (χ2n) is 32.5. The zero-order valence-electron chi connectivity index (χ0n) is 87.9. The number of benzene rings is 8. The Hall–Kier alpha value is -7.41. The van der Waals surface area contributed by atoms with Crippen molar-refractivity contribution in [3.05, 3.63) is 242 Å². The Morgan fingerprint density at radius 1 is 0.480 bits per heavy atom. The number of ketones is 2. The van der Waals surface area contributed by atoms with Gasteiger partial charge in [-0.3, -0.25) is 19.4 Å². The topological polar surface area (TPSA) is 308 Å². The summed E-state index contributed by atoms with van der Waals surface area (Å²) in [7, 11) is 7.92. The van der Waals surface area contributed by atoms with Gasteiger partial charge in [0.05, 0.1) is 101 Å². The van der Waals surface area contributed by atoms with Gasteiger partial charge in [-0.25, -0.2) is 27.2 Å². The SMILES string of the molecule is C#C[Si](C(C)C)(C(C)C)C(C)C.C#N.CC#N.CC(C)[Si](C#Cc1ccc(F)c(N2CCOCC2)c1)(C(C)C)C(C)C.CN=C(N)N.ClCCOCCCl.FC(F)Oc1ccc(Br)cc1.Fc1ccc(Br)cc1N1CCOCC1.Fc1ccc(C#Cc2ccc(OC(F)F)cc2)cc1N1CCOCC1.Nc1cc(Br)ccc1F.O=C(C(=O)c1ccc(F)c(N2CCOCC2)c1)c1ccc(OC(F)F)cc1.O=CO[O-].[CH3-].[Cl][Pd][Cl].[H-].[Na+].[Na+]. The molecular formula is C104H131Br3Cl4F11N10Na2O13PdSi2-. The summed E-state index contributed by atoms with van der Waals surface area (Å²) in [4.78, 5) is 47.2. The van der Waals surface area contributed by atoms with E-state index in [1.807, 2.05) is 21.9 Å². The van der Waals surface area contributed by atoms with Crippen molar-refractivity contribution < 1.29 is 187 Å². The minimum atomic E-state index is -2.98. The average Bonchev–Trinajstić information content (AvgIpc) is 0.800. The Bertz CT molecular complexity index is 5350. The van der Waals surface area contributed by atoms with Crippen LogP contribution in [0.4, 0.5) is 76.7 Å². The number of alkyl halides is 8. The van der Waals surface area contributed by atoms with Crippen molar-refractivity contribution in [2.24, 2.45) is 16.5 Å². The summed E-state index contributed by atoms with van der Waals surface area (Å²) in [5.74, 6) is 7.55. The van der Waals surface area contributed by atoms with Gasteiger partial charge in [0, 0.05) is 126 Å². The van der Waals surface area contributed by atoms with E-state index in [-0.39, 0.29) is 159 Å². The molecule has 0 aliphatic carbocycles. The van der Waals surface area contributed by atoms with E-state index < -0.39 is 53.4 Å². The van der Waals surface area contributed by atoms with Gasteiger partial charge in [-0.1, -0.05) is 149 Å². The number of halogens is 18. The molecule has 4 saturated heterocycles. The molecule has 6 N–H and O–H groups in total. The van der Waals surface area contributed by atoms with E-state index in [4.69, 9.17) is 110 Å². The maximum absolute atomic E-state index is 14.3. The number of morpholine rings is 4. The molecule has 0 spiro atoms. The first-order valence-electron chi connectivity index (χ1n) is 45.4. The molecule has 4 heterocycles. The van der Waals surface area contributed by atoms with Crippen molar-refractivity contribution in [3.63, 3.8) is 0 Å². The van der Waals surface area contributed by atoms with Crippen molar-refractivity contribution >= 4 is 159 Å². The number of ether oxygens (including phenoxy) is 8. The molecule has 150 heavy (non-hydrogen) atoms. The van der Waals surface area contributed by atoms with Crippen LogP contribution in [-0.4, -0.2) is 197 Å². The van der Waals surface area contributed by atoms with Crippen molar-refractivity contribution in [3.8, 4) is 65.2 Å². The third kappa shape index (κ3) is 58.4. The van der Waals surface area contributed by atoms with Crippen LogP contribution >= 0.6 is 90.0 Å². The summed E-state index contributed by atoms with van der Waals surface area (Å²) in [6, 6.07) is 42.0. The van der Waals surface area contributed by atoms with E-state index in [0.717, 1.165) is 51.2 Å². The number of aliphatic imine (C=N–C) groups is 1. The monoisotopic (exact) mass is 2520 g/mol. The predicted octanol–water partition coefficient (Wildman–Crippen LogP) is 19.1. The molecular weight excluding hydrogens is 2400 g/mol. The number of Topliss-reactive ketones (excluding diaryl/α,β-unsaturated/α-hetero) is 2. The minimum absolute atomic E-state index is 0. The van der Waals surface area contributed by atoms with Gasteiger partial charge in [0.1, 0.15) is 62.5 Å². The van der Waals surface area contributed by atoms with Crippen LogP contribution in [0.1, 0.15) is 129 Å². The van der Waals surface area contributed by atoms with E-state index in [1.54, 1.807) is 71.6 Å². The quantitative estimate of drug-likeness (QED) is 0.00401. The number of guanidine groups is 1. The van der Waals surface area contributed by atoms with Gasteiger partial charge >= 0.3 is 114 Å². The van der Waals surface area contributed by atoms with Crippen molar-refractivity contribution in [1.82, 2.24) is 0 Å². The maximum Gasteiger partial charge on any atom is 1.00 e. The maximum atomic E-state index is 14.3. The number of nitrogens with two attached hydrogens (primary N) is 3. The van der Waals surface area contributed by atoms with Crippen LogP contribution < -0.4 is 115 Å². The predicted molar refractivity (Wildman–Crippen MR) is 582 cm³/mol. The first kappa shape index (κ1) is 149. The zero-order chi connectivity index (χ0) is 111. The third-order valence-electron chi connectivity index (χ3n) is 21.5. The number of terminal acetylenes is 1. The molecule has 46 heteroatoms. The Balaban J connectivity index is -0.000000539. The van der Waals surface area contributed by atoms with Crippen LogP contribution in [0.5, 0.6) is 17.2 Å². The molecule has 8 aromatic carbocycles. The molecule has 0 unspecified atom stereocenters. The molecule has 0 aromatic heterocycles. The number of nitrogens with zero attached hydrogens (tertiary/aromatic N) is 7. The smallest absolute Gasteiger partial charge is 1.00 e. The Kier molecular flexibility index (Phi) is 85.1. The summed E-state index contributed by atoms with van der Waals surface area (Å²) in [6.45, 7) is 34.8. The summed E-state index contributed by atoms with van der Waals surface area (Å²) in [5, 5.41) is 22.2. The molecule has 23 nitrogen and oxygen atoms in total. The summed E-state index contributed by atoms with van der Waals surface area (Å²) < 4.78 is 181. The number of hydrogen-bond acceptors (Lipinski definition) is 21. The van der Waals surface area contributed by atoms with Crippen LogP contribution in [0.2, 0.25) is 33.2 Å². The molecule has 12 rings (SSSR count). The number of nitriles is 2. The molecule has 4 aliphatic rings. The number of carbonyl (C=O) groups is 3. The first-order chi connectivity index (χ1) is 69.8. The molecule has 4 fully saturated rings. The fraction of sp³-hybridized carbons (Fsp3) is 0.413. The van der Waals surface area contributed by atoms with Gasteiger partial charge in [0.15, 0.2) is 5.96 Å². The fourth-order valence-corrected chi connectivity index (χ4v) is 26.3. The van der Waals surface area contributed by atoms with E-state index in [2.05, 4.69) is 195 Å². The van der Waals surface area contributed by atoms with Crippen molar-refractivity contribution in [2.75, 3.05) is 163 Å². The normalized spacial score (nSPS) is 12.5. The molecule has 0 radical (unpaired) electrons. The van der Waals surface area contributed by atoms with Crippen molar-refractivity contribution in [1.29, 1.82) is 10.5 Å². The van der Waals surface area contributed by atoms with Crippen LogP contribution in [0.3, 0.4) is 0 Å². The summed E-state index contributed by atoms with van der Waals surface area (Å²) in [5.41, 5.74) is 30.2. The minimum Gasteiger partial charge on any atom is -1.00 e. The Labute approximate surface area is 975 Å². The van der Waals surface area contributed by atoms with Gasteiger partial charge in [-0.15, -0.1) is 40.7 Å². The van der Waals surface area contributed by atoms with Gasteiger partial charge in [0.2, 0.25) is 11.6 Å². The van der Waals surface area contributed by atoms with Crippen LogP contribution in [0, 0.1) is 94.9 Å². The number of anilines is 5. The second-order valence-corrected chi connectivity index (χ2v) is 49.6. The molecule has 0 amide bonds. The second kappa shape index (κ2) is 85.8. The average molecular weight is 2530 g/mol. The third-order valence-corrected chi connectivity index (χ3v) is 35.9. The molecule has 0 atom stereocenters. The largest absolute Gasteiger partial charge is 1.00 e. The summed E-state index contributed by atoms with van der Waals surface area (Å²) >= 11 is 20.1. The van der Waals surface area contributed by atoms with Crippen molar-refractivity contribution in [2.45, 2.75) is 143 Å². The van der Waals surface area contributed by atoms with Crippen LogP contribution in [0.15, 0.2) is 182 Å². The molecule has 0 saturated carbocycles. The van der Waals surface area contributed by atoms with Gasteiger partial charge < -0.3 is 93.7 Å². The van der Waals surface area contributed by atoms with E-state index in [9.17, 15) is 57.9 Å². The van der Waals surface area contributed by atoms with Crippen LogP contribution in [-0.2, 0) is 49.3 Å². The number of hydrogen-bond donors (Lipinski definition) is 3. The number of rotatable bonds is 24.